The Morgan fingerprint density at radius 3 is 2.22 bits per heavy atom. The van der Waals surface area contributed by atoms with E-state index in [1.54, 1.807) is 11.3 Å². The van der Waals surface area contributed by atoms with Crippen LogP contribution in [0.25, 0.3) is 20.8 Å². The number of aromatic nitrogens is 1. The predicted molar refractivity (Wildman–Crippen MR) is 161 cm³/mol. The van der Waals surface area contributed by atoms with Crippen LogP contribution in [0.15, 0.2) is 101 Å². The van der Waals surface area contributed by atoms with Crippen molar-refractivity contribution in [3.05, 3.63) is 91.0 Å². The van der Waals surface area contributed by atoms with Gasteiger partial charge in [0, 0.05) is 33.3 Å². The average molecular weight is 522 g/mol. The van der Waals surface area contributed by atoms with Gasteiger partial charge in [0.1, 0.15) is 5.01 Å². The van der Waals surface area contributed by atoms with E-state index in [2.05, 4.69) is 108 Å². The van der Waals surface area contributed by atoms with Crippen molar-refractivity contribution >= 4 is 56.1 Å². The number of nitrogens with zero attached hydrogens (tertiary/aromatic N) is 2. The molecule has 5 heteroatoms. The second-order valence-electron chi connectivity index (χ2n) is 9.43. The normalized spacial score (nSPS) is 12.4. The Morgan fingerprint density at radius 1 is 0.757 bits per heavy atom. The van der Waals surface area contributed by atoms with E-state index in [1.165, 1.54) is 69.2 Å². The third-order valence-electron chi connectivity index (χ3n) is 6.81. The van der Waals surface area contributed by atoms with Crippen molar-refractivity contribution in [1.29, 1.82) is 0 Å². The molecule has 3 nitrogen and oxygen atoms in total. The third kappa shape index (κ3) is 4.98. The summed E-state index contributed by atoms with van der Waals surface area (Å²) in [5.74, 6) is 0. The lowest BCUT2D eigenvalue weighted by atomic mass is 10.1. The molecule has 6 rings (SSSR count). The number of fused-ring (bicyclic) bond motifs is 3. The summed E-state index contributed by atoms with van der Waals surface area (Å²) in [5, 5.41) is 4.86. The van der Waals surface area contributed by atoms with Crippen LogP contribution in [0.4, 0.5) is 22.7 Å². The van der Waals surface area contributed by atoms with E-state index in [-0.39, 0.29) is 0 Å². The first kappa shape index (κ1) is 24.1. The van der Waals surface area contributed by atoms with Gasteiger partial charge in [-0.3, -0.25) is 0 Å². The average Bonchev–Trinajstić information content (AvgIpc) is 3.37. The molecule has 1 N–H and O–H groups in total. The molecule has 0 saturated carbocycles. The molecule has 1 aromatic heterocycles. The van der Waals surface area contributed by atoms with Gasteiger partial charge in [0.15, 0.2) is 0 Å². The van der Waals surface area contributed by atoms with Gasteiger partial charge in [-0.15, -0.1) is 11.3 Å². The number of hydrogen-bond acceptors (Lipinski definition) is 5. The highest BCUT2D eigenvalue weighted by Crippen LogP contribution is 2.52. The molecule has 5 aromatic rings. The van der Waals surface area contributed by atoms with E-state index >= 15 is 0 Å². The van der Waals surface area contributed by atoms with Gasteiger partial charge >= 0.3 is 0 Å². The predicted octanol–water partition coefficient (Wildman–Crippen LogP) is 10.3. The molecule has 1 aliphatic rings. The summed E-state index contributed by atoms with van der Waals surface area (Å²) in [6, 6.07) is 32.6. The Bertz CT molecular complexity index is 1450. The Hall–Kier alpha value is -3.28. The molecular weight excluding hydrogens is 491 g/mol. The number of nitrogens with one attached hydrogen (secondary N) is 1. The van der Waals surface area contributed by atoms with E-state index in [4.69, 9.17) is 4.98 Å². The maximum atomic E-state index is 4.99. The fourth-order valence-electron chi connectivity index (χ4n) is 4.93. The van der Waals surface area contributed by atoms with Crippen molar-refractivity contribution in [2.45, 2.75) is 48.8 Å². The number of para-hydroxylation sites is 3. The van der Waals surface area contributed by atoms with Crippen LogP contribution in [-0.2, 0) is 0 Å². The Kier molecular flexibility index (Phi) is 7.16. The molecule has 2 heterocycles. The van der Waals surface area contributed by atoms with Gasteiger partial charge in [0.25, 0.3) is 0 Å². The summed E-state index contributed by atoms with van der Waals surface area (Å²) < 4.78 is 1.23. The summed E-state index contributed by atoms with van der Waals surface area (Å²) in [5.41, 5.74) is 7.01. The van der Waals surface area contributed by atoms with Crippen molar-refractivity contribution in [2.75, 3.05) is 16.8 Å². The van der Waals surface area contributed by atoms with E-state index < -0.39 is 0 Å². The summed E-state index contributed by atoms with van der Waals surface area (Å²) in [6.45, 7) is 3.23. The van der Waals surface area contributed by atoms with Crippen molar-refractivity contribution in [1.82, 2.24) is 4.98 Å². The third-order valence-corrected chi connectivity index (χ3v) is 9.01. The molecule has 0 amide bonds. The molecule has 0 fully saturated rings. The minimum absolute atomic E-state index is 0.966. The van der Waals surface area contributed by atoms with Crippen LogP contribution in [0.1, 0.15) is 39.0 Å². The van der Waals surface area contributed by atoms with Crippen LogP contribution in [0.3, 0.4) is 0 Å². The number of benzene rings is 4. The van der Waals surface area contributed by atoms with Crippen molar-refractivity contribution in [3.63, 3.8) is 0 Å². The van der Waals surface area contributed by atoms with Crippen LogP contribution in [0, 0.1) is 0 Å². The number of anilines is 4. The maximum Gasteiger partial charge on any atom is 0.126 e. The minimum Gasteiger partial charge on any atom is -0.384 e. The van der Waals surface area contributed by atoms with Crippen molar-refractivity contribution < 1.29 is 0 Å². The Balaban J connectivity index is 1.40. The lowest BCUT2D eigenvalue weighted by Gasteiger charge is -2.33. The lowest BCUT2D eigenvalue weighted by Crippen LogP contribution is -2.15. The van der Waals surface area contributed by atoms with Gasteiger partial charge in [-0.2, -0.15) is 0 Å². The van der Waals surface area contributed by atoms with Crippen LogP contribution in [-0.4, -0.2) is 11.5 Å². The molecule has 1 aliphatic heterocycles. The molecule has 0 bridgehead atoms. The molecule has 186 valence electrons. The van der Waals surface area contributed by atoms with Crippen LogP contribution in [0.2, 0.25) is 0 Å². The van der Waals surface area contributed by atoms with Crippen LogP contribution >= 0.6 is 23.1 Å². The van der Waals surface area contributed by atoms with Crippen LogP contribution < -0.4 is 10.2 Å². The number of unbranched alkanes of at least 4 members (excludes halogenated alkanes) is 4. The molecule has 0 spiro atoms. The molecule has 4 aromatic carbocycles. The summed E-state index contributed by atoms with van der Waals surface area (Å²) >= 11 is 3.61. The topological polar surface area (TPSA) is 28.2 Å². The Morgan fingerprint density at radius 2 is 1.46 bits per heavy atom. The van der Waals surface area contributed by atoms with E-state index in [0.717, 1.165) is 22.8 Å². The fraction of sp³-hybridized carbons (Fsp3) is 0.219. The highest BCUT2D eigenvalue weighted by molar-refractivity contribution is 7.99. The van der Waals surface area contributed by atoms with Gasteiger partial charge in [-0.05, 0) is 61.0 Å². The number of thiazole rings is 1. The van der Waals surface area contributed by atoms with Gasteiger partial charge in [-0.1, -0.05) is 80.8 Å². The van der Waals surface area contributed by atoms with E-state index in [0.29, 0.717) is 0 Å². The summed E-state index contributed by atoms with van der Waals surface area (Å²) in [6.07, 6.45) is 6.34. The molecular formula is C32H31N3S2. The molecule has 0 atom stereocenters. The van der Waals surface area contributed by atoms with Gasteiger partial charge in [0.05, 0.1) is 21.6 Å². The second-order valence-corrected chi connectivity index (χ2v) is 11.5. The second kappa shape index (κ2) is 11.0. The molecule has 0 aliphatic carbocycles. The highest BCUT2D eigenvalue weighted by atomic mass is 32.2. The maximum absolute atomic E-state index is 4.99. The first-order valence-corrected chi connectivity index (χ1v) is 14.8. The minimum atomic E-state index is 0.966. The van der Waals surface area contributed by atoms with Gasteiger partial charge in [0.2, 0.25) is 0 Å². The zero-order chi connectivity index (χ0) is 25.0. The smallest absolute Gasteiger partial charge is 0.126 e. The molecule has 0 saturated heterocycles. The first-order valence-electron chi connectivity index (χ1n) is 13.2. The zero-order valence-corrected chi connectivity index (χ0v) is 22.7. The summed E-state index contributed by atoms with van der Waals surface area (Å²) in [4.78, 5) is 9.95. The van der Waals surface area contributed by atoms with Gasteiger partial charge in [-0.25, -0.2) is 4.98 Å². The monoisotopic (exact) mass is 521 g/mol. The quantitative estimate of drug-likeness (QED) is 0.192. The van der Waals surface area contributed by atoms with E-state index in [1.807, 2.05) is 11.8 Å². The van der Waals surface area contributed by atoms with Crippen molar-refractivity contribution in [3.8, 4) is 10.6 Å². The lowest BCUT2D eigenvalue weighted by molar-refractivity contribution is 0.645. The molecule has 0 radical (unpaired) electrons. The summed E-state index contributed by atoms with van der Waals surface area (Å²) in [7, 11) is 0. The van der Waals surface area contributed by atoms with Crippen molar-refractivity contribution in [2.24, 2.45) is 0 Å². The van der Waals surface area contributed by atoms with E-state index in [9.17, 15) is 0 Å². The molecule has 37 heavy (non-hydrogen) atoms. The van der Waals surface area contributed by atoms with Gasteiger partial charge < -0.3 is 10.2 Å². The first-order chi connectivity index (χ1) is 18.3. The highest BCUT2D eigenvalue weighted by Gasteiger charge is 2.25. The molecule has 0 unspecified atom stereocenters. The van der Waals surface area contributed by atoms with Crippen LogP contribution in [0.5, 0.6) is 0 Å². The SMILES string of the molecule is CCCCCCCNc1cc(N2c3ccccc3Sc3ccccc32)ccc1-c1nc2ccccc2s1. The number of hydrogen-bond donors (Lipinski definition) is 1. The Labute approximate surface area is 227 Å². The zero-order valence-electron chi connectivity index (χ0n) is 21.1. The largest absolute Gasteiger partial charge is 0.384 e. The number of rotatable bonds is 9. The fourth-order valence-corrected chi connectivity index (χ4v) is 6.99. The standard InChI is InChI=1S/C32H31N3S2/c1-2-3-4-5-12-21-33-26-22-23(19-20-24(26)32-34-25-13-6-9-16-29(25)37-32)35-27-14-7-10-17-30(27)36-31-18-11-8-15-28(31)35/h6-11,13-20,22,33H,2-5,12,21H2,1H3.